The predicted molar refractivity (Wildman–Crippen MR) is 74.1 cm³/mol. The van der Waals surface area contributed by atoms with Crippen LogP contribution >= 0.6 is 15.9 Å². The van der Waals surface area contributed by atoms with Gasteiger partial charge in [-0.2, -0.15) is 0 Å². The first kappa shape index (κ1) is 15.4. The summed E-state index contributed by atoms with van der Waals surface area (Å²) in [6, 6.07) is 4.76. The minimum atomic E-state index is -3.61. The highest BCUT2D eigenvalue weighted by Crippen LogP contribution is 2.26. The summed E-state index contributed by atoms with van der Waals surface area (Å²) >= 11 is 3.21. The van der Waals surface area contributed by atoms with E-state index in [2.05, 4.69) is 20.7 Å². The molecule has 0 aliphatic rings. The normalized spacial score (nSPS) is 12.5. The maximum atomic E-state index is 12.1. The SMILES string of the molecule is COc1ccc(Br)c(S(=O)(=O)NCC(C)(C)N)c1. The molecule has 0 fully saturated rings. The Bertz CT molecular complexity index is 524. The van der Waals surface area contributed by atoms with Crippen LogP contribution in [0, 0.1) is 0 Å². The summed E-state index contributed by atoms with van der Waals surface area (Å²) in [4.78, 5) is 0.131. The fourth-order valence-corrected chi connectivity index (χ4v) is 3.37. The van der Waals surface area contributed by atoms with Crippen LogP contribution in [0.25, 0.3) is 0 Å². The molecule has 0 radical (unpaired) electrons. The molecule has 0 heterocycles. The van der Waals surface area contributed by atoms with Crippen molar-refractivity contribution in [3.05, 3.63) is 22.7 Å². The average molecular weight is 337 g/mol. The van der Waals surface area contributed by atoms with E-state index in [-0.39, 0.29) is 11.4 Å². The minimum Gasteiger partial charge on any atom is -0.497 e. The van der Waals surface area contributed by atoms with Gasteiger partial charge < -0.3 is 10.5 Å². The van der Waals surface area contributed by atoms with Gasteiger partial charge in [0.25, 0.3) is 0 Å². The first-order chi connectivity index (χ1) is 8.15. The number of ether oxygens (including phenoxy) is 1. The van der Waals surface area contributed by atoms with E-state index in [0.717, 1.165) is 0 Å². The maximum absolute atomic E-state index is 12.1. The highest BCUT2D eigenvalue weighted by Gasteiger charge is 2.21. The molecule has 0 unspecified atom stereocenters. The third kappa shape index (κ3) is 4.24. The van der Waals surface area contributed by atoms with Crippen LogP contribution in [0.5, 0.6) is 5.75 Å². The van der Waals surface area contributed by atoms with Crippen molar-refractivity contribution < 1.29 is 13.2 Å². The number of benzene rings is 1. The Kier molecular flexibility index (Phi) is 4.77. The Morgan fingerprint density at radius 2 is 2.06 bits per heavy atom. The Balaban J connectivity index is 3.05. The molecule has 0 saturated carbocycles. The molecule has 1 aromatic carbocycles. The van der Waals surface area contributed by atoms with Crippen molar-refractivity contribution in [3.8, 4) is 5.75 Å². The molecule has 18 heavy (non-hydrogen) atoms. The largest absolute Gasteiger partial charge is 0.497 e. The number of sulfonamides is 1. The monoisotopic (exact) mass is 336 g/mol. The summed E-state index contributed by atoms with van der Waals surface area (Å²) in [5, 5.41) is 0. The van der Waals surface area contributed by atoms with Crippen LogP contribution < -0.4 is 15.2 Å². The van der Waals surface area contributed by atoms with Crippen LogP contribution in [0.2, 0.25) is 0 Å². The molecule has 0 aliphatic carbocycles. The molecule has 0 amide bonds. The fourth-order valence-electron chi connectivity index (χ4n) is 1.18. The quantitative estimate of drug-likeness (QED) is 0.853. The smallest absolute Gasteiger partial charge is 0.241 e. The Labute approximate surface area is 116 Å². The number of rotatable bonds is 5. The summed E-state index contributed by atoms with van der Waals surface area (Å²) in [7, 11) is -2.13. The number of nitrogens with one attached hydrogen (secondary N) is 1. The molecular formula is C11H17BrN2O3S. The number of methoxy groups -OCH3 is 1. The zero-order valence-electron chi connectivity index (χ0n) is 10.5. The second-order valence-electron chi connectivity index (χ2n) is 4.61. The zero-order chi connectivity index (χ0) is 14.0. The molecule has 0 aromatic heterocycles. The van der Waals surface area contributed by atoms with E-state index in [1.165, 1.54) is 13.2 Å². The fraction of sp³-hybridized carbons (Fsp3) is 0.455. The topological polar surface area (TPSA) is 81.4 Å². The lowest BCUT2D eigenvalue weighted by Gasteiger charge is -2.19. The van der Waals surface area contributed by atoms with Crippen LogP contribution in [0.4, 0.5) is 0 Å². The van der Waals surface area contributed by atoms with Gasteiger partial charge in [0.1, 0.15) is 5.75 Å². The van der Waals surface area contributed by atoms with Gasteiger partial charge in [-0.05, 0) is 41.9 Å². The summed E-state index contributed by atoms with van der Waals surface area (Å²) in [5.74, 6) is 0.477. The summed E-state index contributed by atoms with van der Waals surface area (Å²) in [6.45, 7) is 3.64. The molecule has 102 valence electrons. The number of nitrogens with two attached hydrogens (primary N) is 1. The minimum absolute atomic E-state index is 0.131. The van der Waals surface area contributed by atoms with Gasteiger partial charge in [-0.1, -0.05) is 0 Å². The van der Waals surface area contributed by atoms with Crippen LogP contribution in [0.1, 0.15) is 13.8 Å². The van der Waals surface area contributed by atoms with Gasteiger partial charge in [-0.3, -0.25) is 0 Å². The van der Waals surface area contributed by atoms with Crippen LogP contribution in [-0.4, -0.2) is 27.6 Å². The lowest BCUT2D eigenvalue weighted by Crippen LogP contribution is -2.45. The lowest BCUT2D eigenvalue weighted by molar-refractivity contribution is 0.413. The third-order valence-electron chi connectivity index (χ3n) is 2.15. The first-order valence-corrected chi connectivity index (χ1v) is 7.55. The van der Waals surface area contributed by atoms with Crippen molar-refractivity contribution in [2.75, 3.05) is 13.7 Å². The van der Waals surface area contributed by atoms with E-state index in [1.807, 2.05) is 0 Å². The molecule has 1 aromatic rings. The number of hydrogen-bond acceptors (Lipinski definition) is 4. The Morgan fingerprint density at radius 1 is 1.44 bits per heavy atom. The van der Waals surface area contributed by atoms with Crippen LogP contribution in [-0.2, 0) is 10.0 Å². The van der Waals surface area contributed by atoms with Gasteiger partial charge in [0.2, 0.25) is 10.0 Å². The highest BCUT2D eigenvalue weighted by atomic mass is 79.9. The van der Waals surface area contributed by atoms with Crippen molar-refractivity contribution in [1.29, 1.82) is 0 Å². The number of hydrogen-bond donors (Lipinski definition) is 2. The zero-order valence-corrected chi connectivity index (χ0v) is 12.9. The van der Waals surface area contributed by atoms with Crippen molar-refractivity contribution in [3.63, 3.8) is 0 Å². The van der Waals surface area contributed by atoms with Crippen molar-refractivity contribution in [2.45, 2.75) is 24.3 Å². The molecule has 0 bridgehead atoms. The molecule has 0 spiro atoms. The number of halogens is 1. The summed E-state index contributed by atoms with van der Waals surface area (Å²) in [6.07, 6.45) is 0. The Hall–Kier alpha value is -0.630. The molecule has 0 saturated heterocycles. The van der Waals surface area contributed by atoms with E-state index in [1.54, 1.807) is 26.0 Å². The van der Waals surface area contributed by atoms with Crippen LogP contribution in [0.3, 0.4) is 0 Å². The van der Waals surface area contributed by atoms with Crippen LogP contribution in [0.15, 0.2) is 27.6 Å². The highest BCUT2D eigenvalue weighted by molar-refractivity contribution is 9.10. The molecular weight excluding hydrogens is 320 g/mol. The van der Waals surface area contributed by atoms with E-state index in [4.69, 9.17) is 10.5 Å². The lowest BCUT2D eigenvalue weighted by atomic mass is 10.1. The van der Waals surface area contributed by atoms with Gasteiger partial charge in [-0.15, -0.1) is 0 Å². The van der Waals surface area contributed by atoms with Crippen molar-refractivity contribution in [2.24, 2.45) is 5.73 Å². The van der Waals surface area contributed by atoms with Crippen molar-refractivity contribution in [1.82, 2.24) is 4.72 Å². The van der Waals surface area contributed by atoms with E-state index in [9.17, 15) is 8.42 Å². The standard InChI is InChI=1S/C11H17BrN2O3S/c1-11(2,13)7-14-18(15,16)10-6-8(17-3)4-5-9(10)12/h4-6,14H,7,13H2,1-3H3. The molecule has 0 atom stereocenters. The summed E-state index contributed by atoms with van der Waals surface area (Å²) in [5.41, 5.74) is 5.14. The van der Waals surface area contributed by atoms with E-state index >= 15 is 0 Å². The second kappa shape index (κ2) is 5.56. The summed E-state index contributed by atoms with van der Waals surface area (Å²) < 4.78 is 32.2. The predicted octanol–water partition coefficient (Wildman–Crippen LogP) is 1.47. The average Bonchev–Trinajstić information content (AvgIpc) is 2.26. The second-order valence-corrected chi connectivity index (χ2v) is 7.20. The van der Waals surface area contributed by atoms with E-state index < -0.39 is 15.6 Å². The van der Waals surface area contributed by atoms with Gasteiger partial charge in [-0.25, -0.2) is 13.1 Å². The Morgan fingerprint density at radius 3 is 2.56 bits per heavy atom. The van der Waals surface area contributed by atoms with Gasteiger partial charge >= 0.3 is 0 Å². The molecule has 5 nitrogen and oxygen atoms in total. The molecule has 7 heteroatoms. The van der Waals surface area contributed by atoms with E-state index in [0.29, 0.717) is 10.2 Å². The van der Waals surface area contributed by atoms with Gasteiger partial charge in [0.15, 0.2) is 0 Å². The van der Waals surface area contributed by atoms with Crippen molar-refractivity contribution >= 4 is 26.0 Å². The molecule has 3 N–H and O–H groups in total. The molecule has 1 rings (SSSR count). The maximum Gasteiger partial charge on any atom is 0.241 e. The van der Waals surface area contributed by atoms with Gasteiger partial charge in [0.05, 0.1) is 12.0 Å². The third-order valence-corrected chi connectivity index (χ3v) is 4.54. The molecule has 0 aliphatic heterocycles. The van der Waals surface area contributed by atoms with Gasteiger partial charge in [0, 0.05) is 22.6 Å². The first-order valence-electron chi connectivity index (χ1n) is 5.28.